The van der Waals surface area contributed by atoms with Gasteiger partial charge in [0.25, 0.3) is 5.79 Å². The summed E-state index contributed by atoms with van der Waals surface area (Å²) in [7, 11) is 0. The lowest BCUT2D eigenvalue weighted by Gasteiger charge is -2.20. The van der Waals surface area contributed by atoms with Crippen molar-refractivity contribution < 1.29 is 37.3 Å². The zero-order chi connectivity index (χ0) is 18.5. The molecule has 26 heavy (non-hydrogen) atoms. The van der Waals surface area contributed by atoms with Crippen molar-refractivity contribution in [3.05, 3.63) is 65.2 Å². The number of cyclic esters (lactones) is 1. The lowest BCUT2D eigenvalue weighted by molar-refractivity contribution is -0.181. The van der Waals surface area contributed by atoms with Crippen molar-refractivity contribution in [3.8, 4) is 11.5 Å². The fourth-order valence-electron chi connectivity index (χ4n) is 2.79. The minimum Gasteiger partial charge on any atom is -0.454 e. The van der Waals surface area contributed by atoms with E-state index in [-0.39, 0.29) is 17.9 Å². The number of hydrogen-bond donors (Lipinski definition) is 1. The molecule has 134 valence electrons. The van der Waals surface area contributed by atoms with Crippen molar-refractivity contribution in [1.82, 2.24) is 0 Å². The topological polar surface area (TPSA) is 65.0 Å². The molecule has 0 spiro atoms. The third-order valence-electron chi connectivity index (χ3n) is 4.12. The van der Waals surface area contributed by atoms with Crippen molar-refractivity contribution in [2.24, 2.45) is 0 Å². The molecule has 8 heteroatoms. The Morgan fingerprint density at radius 1 is 1.00 bits per heavy atom. The molecule has 0 bridgehead atoms. The Morgan fingerprint density at radius 2 is 1.69 bits per heavy atom. The summed E-state index contributed by atoms with van der Waals surface area (Å²) in [4.78, 5) is 12.2. The Kier molecular flexibility index (Phi) is 3.48. The number of benzene rings is 2. The highest BCUT2D eigenvalue weighted by Crippen LogP contribution is 2.40. The number of rotatable bonds is 2. The molecule has 0 aliphatic carbocycles. The SMILES string of the molecule is O=C1OC(O)(c2ccc(C(F)(F)F)cc2)C=C1c1ccc2c(c1)OCO2. The molecule has 1 unspecified atom stereocenters. The highest BCUT2D eigenvalue weighted by molar-refractivity contribution is 6.18. The zero-order valence-electron chi connectivity index (χ0n) is 13.0. The fourth-order valence-corrected chi connectivity index (χ4v) is 2.79. The summed E-state index contributed by atoms with van der Waals surface area (Å²) in [6.45, 7) is 0.0672. The quantitative estimate of drug-likeness (QED) is 0.829. The van der Waals surface area contributed by atoms with E-state index >= 15 is 0 Å². The number of ether oxygens (including phenoxy) is 3. The van der Waals surface area contributed by atoms with E-state index in [2.05, 4.69) is 0 Å². The summed E-state index contributed by atoms with van der Waals surface area (Å²) in [6, 6.07) is 8.53. The lowest BCUT2D eigenvalue weighted by atomic mass is 10.00. The van der Waals surface area contributed by atoms with E-state index < -0.39 is 23.5 Å². The number of halogens is 3. The monoisotopic (exact) mass is 364 g/mol. The highest BCUT2D eigenvalue weighted by atomic mass is 19.4. The van der Waals surface area contributed by atoms with Crippen LogP contribution < -0.4 is 9.47 Å². The number of aliphatic hydroxyl groups is 1. The van der Waals surface area contributed by atoms with Crippen molar-refractivity contribution in [2.45, 2.75) is 12.0 Å². The van der Waals surface area contributed by atoms with Crippen LogP contribution in [0.25, 0.3) is 5.57 Å². The van der Waals surface area contributed by atoms with E-state index in [0.717, 1.165) is 30.3 Å². The summed E-state index contributed by atoms with van der Waals surface area (Å²) in [5.74, 6) is -1.97. The Morgan fingerprint density at radius 3 is 2.38 bits per heavy atom. The van der Waals surface area contributed by atoms with Gasteiger partial charge in [0.2, 0.25) is 6.79 Å². The maximum absolute atomic E-state index is 12.7. The predicted octanol–water partition coefficient (Wildman–Crippen LogP) is 3.22. The Bertz CT molecular complexity index is 917. The van der Waals surface area contributed by atoms with Crippen molar-refractivity contribution in [2.75, 3.05) is 6.79 Å². The number of fused-ring (bicyclic) bond motifs is 1. The molecule has 2 aliphatic heterocycles. The van der Waals surface area contributed by atoms with Gasteiger partial charge in [0.15, 0.2) is 11.5 Å². The number of hydrogen-bond acceptors (Lipinski definition) is 5. The van der Waals surface area contributed by atoms with E-state index in [9.17, 15) is 23.1 Å². The fraction of sp³-hybridized carbons (Fsp3) is 0.167. The van der Waals surface area contributed by atoms with E-state index in [0.29, 0.717) is 17.1 Å². The van der Waals surface area contributed by atoms with Crippen LogP contribution in [-0.4, -0.2) is 17.9 Å². The second-order valence-corrected chi connectivity index (χ2v) is 5.79. The molecule has 2 aliphatic rings. The standard InChI is InChI=1S/C18H11F3O5/c19-18(20,21)12-4-2-11(3-5-12)17(23)8-13(16(22)26-17)10-1-6-14-15(7-10)25-9-24-14/h1-8,23H,9H2. The first kappa shape index (κ1) is 16.5. The summed E-state index contributed by atoms with van der Waals surface area (Å²) >= 11 is 0. The molecular weight excluding hydrogens is 353 g/mol. The van der Waals surface area contributed by atoms with Crippen molar-refractivity contribution in [1.29, 1.82) is 0 Å². The van der Waals surface area contributed by atoms with Gasteiger partial charge < -0.3 is 19.3 Å². The molecule has 1 N–H and O–H groups in total. The third-order valence-corrected chi connectivity index (χ3v) is 4.12. The average Bonchev–Trinajstić information content (AvgIpc) is 3.18. The molecular formula is C18H11F3O5. The van der Waals surface area contributed by atoms with Crippen LogP contribution >= 0.6 is 0 Å². The number of esters is 1. The number of carbonyl (C=O) groups excluding carboxylic acids is 1. The average molecular weight is 364 g/mol. The Hall–Kier alpha value is -3.00. The molecule has 2 aromatic rings. The maximum Gasteiger partial charge on any atom is 0.416 e. The normalized spacial score (nSPS) is 21.5. The minimum atomic E-state index is -4.50. The second kappa shape index (κ2) is 5.50. The van der Waals surface area contributed by atoms with Crippen LogP contribution in [0.1, 0.15) is 16.7 Å². The molecule has 2 aromatic carbocycles. The van der Waals surface area contributed by atoms with Crippen LogP contribution in [-0.2, 0) is 21.5 Å². The first-order chi connectivity index (χ1) is 12.3. The van der Waals surface area contributed by atoms with Gasteiger partial charge in [-0.3, -0.25) is 0 Å². The largest absolute Gasteiger partial charge is 0.454 e. The lowest BCUT2D eigenvalue weighted by Crippen LogP contribution is -2.24. The maximum atomic E-state index is 12.7. The third kappa shape index (κ3) is 2.68. The van der Waals surface area contributed by atoms with Gasteiger partial charge >= 0.3 is 12.1 Å². The Balaban J connectivity index is 1.68. The van der Waals surface area contributed by atoms with Crippen LogP contribution in [0.2, 0.25) is 0 Å². The molecule has 0 radical (unpaired) electrons. The second-order valence-electron chi connectivity index (χ2n) is 5.79. The number of carbonyl (C=O) groups is 1. The predicted molar refractivity (Wildman–Crippen MR) is 82.0 cm³/mol. The van der Waals surface area contributed by atoms with Crippen LogP contribution in [0.3, 0.4) is 0 Å². The van der Waals surface area contributed by atoms with E-state index in [4.69, 9.17) is 14.2 Å². The molecule has 0 saturated heterocycles. The summed E-state index contributed by atoms with van der Waals surface area (Å²) in [6.07, 6.45) is -3.34. The van der Waals surface area contributed by atoms with Gasteiger partial charge in [-0.15, -0.1) is 0 Å². The van der Waals surface area contributed by atoms with Crippen LogP contribution in [0, 0.1) is 0 Å². The van der Waals surface area contributed by atoms with Gasteiger partial charge in [0.05, 0.1) is 11.1 Å². The Labute approximate surface area is 145 Å². The molecule has 2 heterocycles. The van der Waals surface area contributed by atoms with E-state index in [1.165, 1.54) is 0 Å². The molecule has 1 atom stereocenters. The van der Waals surface area contributed by atoms with Gasteiger partial charge in [0.1, 0.15) is 0 Å². The first-order valence-corrected chi connectivity index (χ1v) is 7.53. The summed E-state index contributed by atoms with van der Waals surface area (Å²) in [5, 5.41) is 10.6. The minimum absolute atomic E-state index is 0.00888. The van der Waals surface area contributed by atoms with Gasteiger partial charge in [-0.2, -0.15) is 13.2 Å². The van der Waals surface area contributed by atoms with Crippen LogP contribution in [0.5, 0.6) is 11.5 Å². The van der Waals surface area contributed by atoms with Gasteiger partial charge in [0, 0.05) is 11.6 Å². The van der Waals surface area contributed by atoms with Gasteiger partial charge in [-0.05, 0) is 29.8 Å². The van der Waals surface area contributed by atoms with Crippen LogP contribution in [0.4, 0.5) is 13.2 Å². The first-order valence-electron chi connectivity index (χ1n) is 7.53. The molecule has 5 nitrogen and oxygen atoms in total. The summed E-state index contributed by atoms with van der Waals surface area (Å²) < 4.78 is 53.5. The molecule has 0 aromatic heterocycles. The zero-order valence-corrected chi connectivity index (χ0v) is 13.0. The smallest absolute Gasteiger partial charge is 0.416 e. The van der Waals surface area contributed by atoms with Gasteiger partial charge in [-0.25, -0.2) is 4.79 Å². The van der Waals surface area contributed by atoms with E-state index in [1.807, 2.05) is 0 Å². The van der Waals surface area contributed by atoms with E-state index in [1.54, 1.807) is 18.2 Å². The molecule has 4 rings (SSSR count). The van der Waals surface area contributed by atoms with Crippen molar-refractivity contribution in [3.63, 3.8) is 0 Å². The molecule has 0 amide bonds. The highest BCUT2D eigenvalue weighted by Gasteiger charge is 2.41. The summed E-state index contributed by atoms with van der Waals surface area (Å²) in [5.41, 5.74) is -0.350. The van der Waals surface area contributed by atoms with Crippen molar-refractivity contribution >= 4 is 11.5 Å². The van der Waals surface area contributed by atoms with Gasteiger partial charge in [-0.1, -0.05) is 18.2 Å². The molecule has 0 saturated carbocycles. The molecule has 0 fully saturated rings. The number of alkyl halides is 3. The van der Waals surface area contributed by atoms with Crippen LogP contribution in [0.15, 0.2) is 48.5 Å².